The first-order valence-electron chi connectivity index (χ1n) is 9.41. The molecule has 1 fully saturated rings. The van der Waals surface area contributed by atoms with Crippen LogP contribution in [-0.4, -0.2) is 59.2 Å². The van der Waals surface area contributed by atoms with E-state index in [1.807, 2.05) is 24.3 Å². The molecule has 3 N–H and O–H groups in total. The minimum absolute atomic E-state index is 0.140. The molecule has 2 heterocycles. The maximum Gasteiger partial charge on any atom is 0.475 e. The Hall–Kier alpha value is -3.03. The van der Waals surface area contributed by atoms with Crippen LogP contribution in [0, 0.1) is 11.3 Å². The van der Waals surface area contributed by atoms with Crippen molar-refractivity contribution >= 4 is 30.1 Å². The first-order chi connectivity index (χ1) is 14.0. The summed E-state index contributed by atoms with van der Waals surface area (Å²) in [6.07, 6.45) is 1.38. The maximum absolute atomic E-state index is 12.3. The Balaban J connectivity index is 1.58. The molecule has 1 aromatic heterocycles. The minimum atomic E-state index is -1.80. The molecule has 2 atom stereocenters. The van der Waals surface area contributed by atoms with Crippen LogP contribution in [0.25, 0.3) is 11.0 Å². The number of amides is 2. The lowest BCUT2D eigenvalue weighted by atomic mass is 9.76. The summed E-state index contributed by atoms with van der Waals surface area (Å²) in [5.41, 5.74) is 1.39. The number of carbonyl (C=O) groups excluding carboxylic acids is 2. The molecule has 0 saturated carbocycles. The number of likely N-dealkylation sites (tertiary alicyclic amines) is 1. The number of benzene rings is 1. The van der Waals surface area contributed by atoms with Crippen molar-refractivity contribution in [3.8, 4) is 6.07 Å². The second-order valence-corrected chi connectivity index (χ2v) is 6.97. The van der Waals surface area contributed by atoms with Crippen LogP contribution in [0.4, 0.5) is 4.79 Å². The Morgan fingerprint density at radius 3 is 2.97 bits per heavy atom. The lowest BCUT2D eigenvalue weighted by Crippen LogP contribution is -2.50. The average Bonchev–Trinajstić information content (AvgIpc) is 3.11. The van der Waals surface area contributed by atoms with Crippen molar-refractivity contribution in [2.75, 3.05) is 13.1 Å². The number of alkyl carbamates (subject to hydrolysis) is 1. The number of hydrogen-bond acceptors (Lipinski definition) is 7. The van der Waals surface area contributed by atoms with Gasteiger partial charge in [-0.05, 0) is 30.9 Å². The fourth-order valence-corrected chi connectivity index (χ4v) is 3.44. The van der Waals surface area contributed by atoms with Crippen molar-refractivity contribution < 1.29 is 28.8 Å². The van der Waals surface area contributed by atoms with Gasteiger partial charge in [0.25, 0.3) is 0 Å². The van der Waals surface area contributed by atoms with E-state index in [1.54, 1.807) is 6.07 Å². The molecule has 0 aliphatic carbocycles. The molecule has 9 nitrogen and oxygen atoms in total. The first-order valence-corrected chi connectivity index (χ1v) is 9.41. The largest absolute Gasteiger partial charge is 0.475 e. The predicted molar refractivity (Wildman–Crippen MR) is 103 cm³/mol. The van der Waals surface area contributed by atoms with Crippen LogP contribution in [0.5, 0.6) is 0 Å². The lowest BCUT2D eigenvalue weighted by molar-refractivity contribution is -0.133. The highest BCUT2D eigenvalue weighted by atomic mass is 16.6. The van der Waals surface area contributed by atoms with Crippen molar-refractivity contribution in [2.24, 2.45) is 0 Å². The van der Waals surface area contributed by atoms with Crippen LogP contribution in [0.2, 0.25) is 0 Å². The topological polar surface area (TPSA) is 136 Å². The molecular weight excluding hydrogens is 377 g/mol. The molecule has 1 saturated heterocycles. The van der Waals surface area contributed by atoms with Gasteiger partial charge in [0.1, 0.15) is 18.1 Å². The molecule has 29 heavy (non-hydrogen) atoms. The number of nitriles is 1. The highest BCUT2D eigenvalue weighted by Crippen LogP contribution is 2.22. The number of fused-ring (bicyclic) bond motifs is 1. The number of hydrogen-bond donors (Lipinski definition) is 3. The molecule has 152 valence electrons. The van der Waals surface area contributed by atoms with Crippen molar-refractivity contribution in [1.29, 1.82) is 5.26 Å². The number of nitrogens with zero attached hydrogens (tertiary/aromatic N) is 2. The van der Waals surface area contributed by atoms with Gasteiger partial charge in [0.15, 0.2) is 0 Å². The van der Waals surface area contributed by atoms with E-state index in [1.165, 1.54) is 11.2 Å². The van der Waals surface area contributed by atoms with Crippen molar-refractivity contribution in [3.63, 3.8) is 0 Å². The van der Waals surface area contributed by atoms with Gasteiger partial charge in [0.05, 0.1) is 24.8 Å². The van der Waals surface area contributed by atoms with Gasteiger partial charge in [0.2, 0.25) is 5.91 Å². The van der Waals surface area contributed by atoms with Crippen molar-refractivity contribution in [3.05, 3.63) is 36.1 Å². The average molecular weight is 399 g/mol. The van der Waals surface area contributed by atoms with E-state index in [4.69, 9.17) is 14.4 Å². The predicted octanol–water partition coefficient (Wildman–Crippen LogP) is 0.987. The number of furan rings is 1. The molecule has 0 radical (unpaired) electrons. The highest BCUT2D eigenvalue weighted by molar-refractivity contribution is 6.43. The van der Waals surface area contributed by atoms with Crippen LogP contribution in [0.15, 0.2) is 34.9 Å². The Labute approximate surface area is 168 Å². The SMILES string of the molecule is N#CCC(=O)N1CCCC(OC(=O)NC(Cc2coc3ccccc23)B(O)O)C1. The summed E-state index contributed by atoms with van der Waals surface area (Å²) in [6, 6.07) is 9.14. The van der Waals surface area contributed by atoms with E-state index in [2.05, 4.69) is 5.32 Å². The Morgan fingerprint density at radius 1 is 1.41 bits per heavy atom. The Bertz CT molecular complexity index is 909. The fraction of sp³-hybridized carbons (Fsp3) is 0.421. The normalized spacial score (nSPS) is 17.4. The summed E-state index contributed by atoms with van der Waals surface area (Å²) in [4.78, 5) is 25.6. The summed E-state index contributed by atoms with van der Waals surface area (Å²) in [5.74, 6) is -1.29. The van der Waals surface area contributed by atoms with Crippen molar-refractivity contribution in [1.82, 2.24) is 10.2 Å². The molecule has 3 rings (SSSR count). The minimum Gasteiger partial charge on any atom is -0.464 e. The number of carbonyl (C=O) groups is 2. The van der Waals surface area contributed by atoms with Gasteiger partial charge in [-0.2, -0.15) is 5.26 Å². The summed E-state index contributed by atoms with van der Waals surface area (Å²) in [7, 11) is -1.80. The first kappa shape index (κ1) is 20.7. The van der Waals surface area contributed by atoms with E-state index in [9.17, 15) is 19.6 Å². The molecule has 2 aromatic rings. The number of para-hydroxylation sites is 1. The monoisotopic (exact) mass is 399 g/mol. The maximum atomic E-state index is 12.3. The summed E-state index contributed by atoms with van der Waals surface area (Å²) in [5, 5.41) is 31.3. The van der Waals surface area contributed by atoms with E-state index in [0.29, 0.717) is 25.0 Å². The molecule has 10 heteroatoms. The zero-order chi connectivity index (χ0) is 20.8. The van der Waals surface area contributed by atoms with Crippen LogP contribution in [0.3, 0.4) is 0 Å². The van der Waals surface area contributed by atoms with Gasteiger partial charge in [-0.1, -0.05) is 18.2 Å². The van der Waals surface area contributed by atoms with E-state index in [0.717, 1.165) is 10.9 Å². The second kappa shape index (κ2) is 9.45. The quantitative estimate of drug-likeness (QED) is 0.616. The third-order valence-corrected chi connectivity index (χ3v) is 4.90. The Morgan fingerprint density at radius 2 is 2.21 bits per heavy atom. The summed E-state index contributed by atoms with van der Waals surface area (Å²) in [6.45, 7) is 0.736. The van der Waals surface area contributed by atoms with Gasteiger partial charge >= 0.3 is 13.2 Å². The third kappa shape index (κ3) is 5.28. The van der Waals surface area contributed by atoms with Crippen LogP contribution >= 0.6 is 0 Å². The number of nitrogens with one attached hydrogen (secondary N) is 1. The van der Waals surface area contributed by atoms with Gasteiger partial charge in [-0.15, -0.1) is 0 Å². The fourth-order valence-electron chi connectivity index (χ4n) is 3.44. The van der Waals surface area contributed by atoms with Crippen LogP contribution in [0.1, 0.15) is 24.8 Å². The van der Waals surface area contributed by atoms with Gasteiger partial charge in [-0.3, -0.25) is 4.79 Å². The third-order valence-electron chi connectivity index (χ3n) is 4.90. The summed E-state index contributed by atoms with van der Waals surface area (Å²) < 4.78 is 10.8. The number of piperidine rings is 1. The van der Waals surface area contributed by atoms with Crippen LogP contribution < -0.4 is 5.32 Å². The van der Waals surface area contributed by atoms with Crippen LogP contribution in [-0.2, 0) is 16.0 Å². The molecule has 2 amide bonds. The zero-order valence-corrected chi connectivity index (χ0v) is 15.8. The second-order valence-electron chi connectivity index (χ2n) is 6.97. The molecule has 0 spiro atoms. The molecule has 1 aromatic carbocycles. The zero-order valence-electron chi connectivity index (χ0n) is 15.8. The number of ether oxygens (including phenoxy) is 1. The molecule has 2 unspecified atom stereocenters. The van der Waals surface area contributed by atoms with E-state index >= 15 is 0 Å². The van der Waals surface area contributed by atoms with E-state index < -0.39 is 25.3 Å². The summed E-state index contributed by atoms with van der Waals surface area (Å²) >= 11 is 0. The molecular formula is C19H22BN3O6. The smallest absolute Gasteiger partial charge is 0.464 e. The van der Waals surface area contributed by atoms with Gasteiger partial charge in [-0.25, -0.2) is 4.79 Å². The Kier molecular flexibility index (Phi) is 6.75. The van der Waals surface area contributed by atoms with Gasteiger partial charge in [0, 0.05) is 11.9 Å². The van der Waals surface area contributed by atoms with Gasteiger partial charge < -0.3 is 29.4 Å². The standard InChI is InChI=1S/C19H22BN3O6/c21-8-7-18(24)23-9-3-4-14(11-23)29-19(25)22-17(20(26)27)10-13-12-28-16-6-2-1-5-15(13)16/h1-2,5-6,12,14,17,26-27H,3-4,7,9-11H2,(H,22,25). The van der Waals surface area contributed by atoms with E-state index in [-0.39, 0.29) is 25.3 Å². The molecule has 1 aliphatic heterocycles. The van der Waals surface area contributed by atoms with Crippen molar-refractivity contribution in [2.45, 2.75) is 37.7 Å². The molecule has 1 aliphatic rings. The lowest BCUT2D eigenvalue weighted by Gasteiger charge is -2.32. The molecule has 0 bridgehead atoms. The highest BCUT2D eigenvalue weighted by Gasteiger charge is 2.30. The number of rotatable bonds is 6.